The first-order valence-electron chi connectivity index (χ1n) is 9.90. The summed E-state index contributed by atoms with van der Waals surface area (Å²) < 4.78 is 15.2. The summed E-state index contributed by atoms with van der Waals surface area (Å²) in [5.41, 5.74) is 3.71. The minimum atomic E-state index is -1.16. The van der Waals surface area contributed by atoms with Gasteiger partial charge in [-0.1, -0.05) is 49.7 Å². The average molecular weight is 447 g/mol. The summed E-state index contributed by atoms with van der Waals surface area (Å²) >= 11 is 6.32. The molecule has 8 heteroatoms. The summed E-state index contributed by atoms with van der Waals surface area (Å²) in [6.07, 6.45) is 0.435. The van der Waals surface area contributed by atoms with Crippen molar-refractivity contribution in [2.45, 2.75) is 44.8 Å². The summed E-state index contributed by atoms with van der Waals surface area (Å²) in [6.45, 7) is 3.95. The number of carboxylic acids is 1. The number of rotatable bonds is 8. The van der Waals surface area contributed by atoms with Crippen LogP contribution in [0, 0.1) is 5.82 Å². The number of aromatic nitrogens is 2. The number of hydrogen-bond donors (Lipinski definition) is 3. The van der Waals surface area contributed by atoms with Crippen LogP contribution in [0.2, 0.25) is 5.15 Å². The van der Waals surface area contributed by atoms with Gasteiger partial charge in [-0.15, -0.1) is 0 Å². The maximum absolute atomic E-state index is 13.5. The predicted octanol–water partition coefficient (Wildman–Crippen LogP) is 4.52. The molecule has 0 aliphatic carbocycles. The molecule has 3 N–H and O–H groups in total. The number of carboxylic acid groups (broad SMARTS) is 1. The fourth-order valence-corrected chi connectivity index (χ4v) is 3.68. The van der Waals surface area contributed by atoms with Crippen molar-refractivity contribution < 1.29 is 24.5 Å². The number of aliphatic hydroxyl groups is 2. The van der Waals surface area contributed by atoms with Gasteiger partial charge in [0.25, 0.3) is 0 Å². The molecule has 0 aliphatic heterocycles. The van der Waals surface area contributed by atoms with Crippen molar-refractivity contribution in [2.75, 3.05) is 0 Å². The van der Waals surface area contributed by atoms with Crippen LogP contribution in [0.25, 0.3) is 22.7 Å². The van der Waals surface area contributed by atoms with Crippen LogP contribution in [-0.4, -0.2) is 43.1 Å². The van der Waals surface area contributed by atoms with Gasteiger partial charge >= 0.3 is 5.97 Å². The lowest BCUT2D eigenvalue weighted by atomic mass is 9.93. The maximum Gasteiger partial charge on any atom is 0.305 e. The summed E-state index contributed by atoms with van der Waals surface area (Å²) in [5, 5.41) is 34.0. The zero-order chi connectivity index (χ0) is 22.7. The molecule has 1 aromatic carbocycles. The highest BCUT2D eigenvalue weighted by Crippen LogP contribution is 2.35. The van der Waals surface area contributed by atoms with Gasteiger partial charge in [-0.3, -0.25) is 4.79 Å². The highest BCUT2D eigenvalue weighted by Gasteiger charge is 2.20. The molecule has 0 radical (unpaired) electrons. The van der Waals surface area contributed by atoms with E-state index >= 15 is 0 Å². The fourth-order valence-electron chi connectivity index (χ4n) is 3.49. The van der Waals surface area contributed by atoms with E-state index in [9.17, 15) is 19.4 Å². The van der Waals surface area contributed by atoms with E-state index in [1.165, 1.54) is 18.2 Å². The molecule has 2 heterocycles. The molecule has 2 unspecified atom stereocenters. The molecule has 164 valence electrons. The van der Waals surface area contributed by atoms with Gasteiger partial charge in [-0.25, -0.2) is 8.91 Å². The molecule has 0 spiro atoms. The molecule has 3 rings (SSSR count). The van der Waals surface area contributed by atoms with Crippen LogP contribution in [0.1, 0.15) is 43.9 Å². The zero-order valence-electron chi connectivity index (χ0n) is 17.2. The SMILES string of the molecule is CC(C)c1nn2c(Cl)ccc2c(-c2ccc(F)cc2)c1/C=C/C(O)CC(O)CC(=O)O. The molecule has 0 bridgehead atoms. The number of aliphatic hydroxyl groups excluding tert-OH is 2. The molecule has 2 atom stereocenters. The normalized spacial score (nSPS) is 13.9. The van der Waals surface area contributed by atoms with E-state index < -0.39 is 24.6 Å². The van der Waals surface area contributed by atoms with Gasteiger partial charge in [0, 0.05) is 17.5 Å². The van der Waals surface area contributed by atoms with Crippen LogP contribution in [0.3, 0.4) is 0 Å². The highest BCUT2D eigenvalue weighted by molar-refractivity contribution is 6.30. The lowest BCUT2D eigenvalue weighted by Gasteiger charge is -2.17. The minimum Gasteiger partial charge on any atom is -0.481 e. The van der Waals surface area contributed by atoms with Crippen LogP contribution in [0.5, 0.6) is 0 Å². The molecule has 6 nitrogen and oxygen atoms in total. The first-order valence-corrected chi connectivity index (χ1v) is 10.3. The molecule has 0 fully saturated rings. The van der Waals surface area contributed by atoms with Crippen molar-refractivity contribution >= 4 is 29.2 Å². The van der Waals surface area contributed by atoms with E-state index in [0.717, 1.165) is 27.9 Å². The molecule has 0 saturated heterocycles. The third-order valence-electron chi connectivity index (χ3n) is 4.91. The van der Waals surface area contributed by atoms with E-state index in [1.807, 2.05) is 19.9 Å². The molecule has 2 aromatic heterocycles. The number of fused-ring (bicyclic) bond motifs is 1. The van der Waals surface area contributed by atoms with Crippen LogP contribution in [0.4, 0.5) is 4.39 Å². The van der Waals surface area contributed by atoms with Crippen LogP contribution < -0.4 is 0 Å². The molecular weight excluding hydrogens is 423 g/mol. The van der Waals surface area contributed by atoms with Gasteiger partial charge in [-0.2, -0.15) is 5.10 Å². The Morgan fingerprint density at radius 2 is 1.87 bits per heavy atom. The van der Waals surface area contributed by atoms with Crippen LogP contribution in [-0.2, 0) is 4.79 Å². The van der Waals surface area contributed by atoms with Crippen molar-refractivity contribution in [1.29, 1.82) is 0 Å². The Kier molecular flexibility index (Phi) is 7.10. The van der Waals surface area contributed by atoms with Crippen molar-refractivity contribution in [2.24, 2.45) is 0 Å². The zero-order valence-corrected chi connectivity index (χ0v) is 17.9. The molecule has 0 amide bonds. The number of benzene rings is 1. The Morgan fingerprint density at radius 1 is 1.19 bits per heavy atom. The highest BCUT2D eigenvalue weighted by atomic mass is 35.5. The van der Waals surface area contributed by atoms with Crippen molar-refractivity contribution in [1.82, 2.24) is 9.61 Å². The van der Waals surface area contributed by atoms with Crippen molar-refractivity contribution in [3.8, 4) is 11.1 Å². The van der Waals surface area contributed by atoms with E-state index in [4.69, 9.17) is 16.7 Å². The van der Waals surface area contributed by atoms with Gasteiger partial charge in [-0.05, 0) is 35.7 Å². The number of halogens is 2. The number of hydrogen-bond acceptors (Lipinski definition) is 4. The first kappa shape index (κ1) is 22.9. The lowest BCUT2D eigenvalue weighted by Crippen LogP contribution is -2.19. The average Bonchev–Trinajstić information content (AvgIpc) is 3.06. The summed E-state index contributed by atoms with van der Waals surface area (Å²) in [7, 11) is 0. The monoisotopic (exact) mass is 446 g/mol. The third-order valence-corrected chi connectivity index (χ3v) is 5.19. The Balaban J connectivity index is 2.12. The maximum atomic E-state index is 13.5. The smallest absolute Gasteiger partial charge is 0.305 e. The second kappa shape index (κ2) is 9.60. The topological polar surface area (TPSA) is 95.1 Å². The predicted molar refractivity (Wildman–Crippen MR) is 118 cm³/mol. The molecule has 3 aromatic rings. The lowest BCUT2D eigenvalue weighted by molar-refractivity contribution is -0.139. The van der Waals surface area contributed by atoms with Gasteiger partial charge < -0.3 is 15.3 Å². The van der Waals surface area contributed by atoms with Gasteiger partial charge in [0.05, 0.1) is 29.8 Å². The van der Waals surface area contributed by atoms with E-state index in [0.29, 0.717) is 5.15 Å². The summed E-state index contributed by atoms with van der Waals surface area (Å²) in [4.78, 5) is 10.7. The van der Waals surface area contributed by atoms with Gasteiger partial charge in [0.1, 0.15) is 11.0 Å². The van der Waals surface area contributed by atoms with Crippen molar-refractivity contribution in [3.05, 3.63) is 64.7 Å². The second-order valence-electron chi connectivity index (χ2n) is 7.70. The quantitative estimate of drug-likeness (QED) is 0.473. The minimum absolute atomic E-state index is 0.0106. The first-order chi connectivity index (χ1) is 14.7. The molecule has 31 heavy (non-hydrogen) atoms. The van der Waals surface area contributed by atoms with Crippen molar-refractivity contribution in [3.63, 3.8) is 0 Å². The van der Waals surface area contributed by atoms with Crippen LogP contribution in [0.15, 0.2) is 42.5 Å². The molecule has 0 saturated carbocycles. The van der Waals surface area contributed by atoms with E-state index in [2.05, 4.69) is 5.10 Å². The Labute approximate surface area is 184 Å². The molecule has 0 aliphatic rings. The van der Waals surface area contributed by atoms with E-state index in [-0.39, 0.29) is 18.2 Å². The standard InChI is InChI=1S/C23H24ClFN2O4/c1-13(2)23-18(8-7-16(28)11-17(29)12-21(30)31)22(14-3-5-15(25)6-4-14)19-9-10-20(24)27(19)26-23/h3-10,13,16-17,28-29H,11-12H2,1-2H3,(H,30,31)/b8-7+. The van der Waals surface area contributed by atoms with Crippen LogP contribution >= 0.6 is 11.6 Å². The number of aliphatic carboxylic acids is 1. The summed E-state index contributed by atoms with van der Waals surface area (Å²) in [6, 6.07) is 9.63. The number of nitrogens with zero attached hydrogens (tertiary/aromatic N) is 2. The van der Waals surface area contributed by atoms with E-state index in [1.54, 1.807) is 28.8 Å². The van der Waals surface area contributed by atoms with Gasteiger partial charge in [0.15, 0.2) is 0 Å². The second-order valence-corrected chi connectivity index (χ2v) is 8.09. The third kappa shape index (κ3) is 5.31. The fraction of sp³-hybridized carbons (Fsp3) is 0.304. The number of carbonyl (C=O) groups is 1. The summed E-state index contributed by atoms with van der Waals surface area (Å²) in [5.74, 6) is -1.48. The molecular formula is C23H24ClFN2O4. The van der Waals surface area contributed by atoms with Gasteiger partial charge in [0.2, 0.25) is 0 Å². The Morgan fingerprint density at radius 3 is 2.48 bits per heavy atom. The Bertz CT molecular complexity index is 1110. The Hall–Kier alpha value is -2.74. The largest absolute Gasteiger partial charge is 0.481 e.